The van der Waals surface area contributed by atoms with E-state index in [1.54, 1.807) is 13.0 Å². The molecule has 0 unspecified atom stereocenters. The maximum atomic E-state index is 15.0. The van der Waals surface area contributed by atoms with E-state index in [0.29, 0.717) is 36.8 Å². The standard InChI is InChI=1S/C25H21F3N6O3/c1-12-10-37-24-15(8-17(27)22-23(24)34(12)13(2)30-22)21-18(28)9-29-25(32-21)31-19-4-3-14(7-16(19)26)33-5-6-36-11-20(33)35/h3-4,7-9,12H,5-6,10-11H2,1-2H3,(H,29,31,32)/t12-/m0/s1. The fourth-order valence-electron chi connectivity index (χ4n) is 4.76. The number of nitrogens with zero attached hydrogens (tertiary/aromatic N) is 5. The normalized spacial score (nSPS) is 17.3. The van der Waals surface area contributed by atoms with E-state index in [4.69, 9.17) is 9.47 Å². The van der Waals surface area contributed by atoms with Crippen molar-refractivity contribution in [3.8, 4) is 17.0 Å². The predicted molar refractivity (Wildman–Crippen MR) is 128 cm³/mol. The first-order valence-corrected chi connectivity index (χ1v) is 11.6. The van der Waals surface area contributed by atoms with E-state index in [9.17, 15) is 13.6 Å². The van der Waals surface area contributed by atoms with Crippen molar-refractivity contribution in [3.63, 3.8) is 0 Å². The van der Waals surface area contributed by atoms with Crippen molar-refractivity contribution in [2.45, 2.75) is 19.9 Å². The Morgan fingerprint density at radius 2 is 1.95 bits per heavy atom. The molecule has 37 heavy (non-hydrogen) atoms. The molecule has 0 aliphatic carbocycles. The molecule has 1 atom stereocenters. The molecule has 1 N–H and O–H groups in total. The zero-order valence-electron chi connectivity index (χ0n) is 19.9. The Hall–Kier alpha value is -4.19. The average molecular weight is 510 g/mol. The molecule has 4 heterocycles. The van der Waals surface area contributed by atoms with Gasteiger partial charge in [-0.05, 0) is 38.1 Å². The SMILES string of the molecule is Cc1nc2c(F)cc(-c3nc(Nc4ccc(N5CCOCC5=O)cc4F)ncc3F)c3c2n1[C@@H](C)CO3. The van der Waals surface area contributed by atoms with Gasteiger partial charge in [0.25, 0.3) is 5.91 Å². The summed E-state index contributed by atoms with van der Waals surface area (Å²) < 4.78 is 57.8. The van der Waals surface area contributed by atoms with Crippen molar-refractivity contribution in [1.29, 1.82) is 0 Å². The summed E-state index contributed by atoms with van der Waals surface area (Å²) in [7, 11) is 0. The Morgan fingerprint density at radius 1 is 1.11 bits per heavy atom. The van der Waals surface area contributed by atoms with Crippen LogP contribution in [0.15, 0.2) is 30.5 Å². The minimum Gasteiger partial charge on any atom is -0.488 e. The number of anilines is 3. The number of imidazole rings is 1. The summed E-state index contributed by atoms with van der Waals surface area (Å²) in [4.78, 5) is 25.9. The second-order valence-corrected chi connectivity index (χ2v) is 8.90. The van der Waals surface area contributed by atoms with Gasteiger partial charge < -0.3 is 24.3 Å². The van der Waals surface area contributed by atoms with Crippen molar-refractivity contribution in [2.75, 3.05) is 36.6 Å². The largest absolute Gasteiger partial charge is 0.488 e. The topological polar surface area (TPSA) is 94.4 Å². The Morgan fingerprint density at radius 3 is 2.73 bits per heavy atom. The maximum absolute atomic E-state index is 15.0. The van der Waals surface area contributed by atoms with Gasteiger partial charge in [0.1, 0.15) is 41.6 Å². The van der Waals surface area contributed by atoms with Crippen LogP contribution in [0.1, 0.15) is 18.8 Å². The number of aryl methyl sites for hydroxylation is 1. The van der Waals surface area contributed by atoms with Gasteiger partial charge in [-0.15, -0.1) is 0 Å². The van der Waals surface area contributed by atoms with E-state index in [-0.39, 0.29) is 52.7 Å². The first kappa shape index (κ1) is 23.2. The number of nitrogens with one attached hydrogen (secondary N) is 1. The van der Waals surface area contributed by atoms with Crippen molar-refractivity contribution >= 4 is 34.3 Å². The lowest BCUT2D eigenvalue weighted by Crippen LogP contribution is -2.41. The minimum absolute atomic E-state index is 0.0174. The first-order chi connectivity index (χ1) is 17.8. The molecule has 1 amide bonds. The van der Waals surface area contributed by atoms with Crippen molar-refractivity contribution in [1.82, 2.24) is 19.5 Å². The molecule has 0 saturated carbocycles. The summed E-state index contributed by atoms with van der Waals surface area (Å²) in [5.74, 6) is -1.58. The lowest BCUT2D eigenvalue weighted by molar-refractivity contribution is -0.125. The monoisotopic (exact) mass is 510 g/mol. The Bertz CT molecular complexity index is 1570. The Labute approximate surface area is 208 Å². The van der Waals surface area contributed by atoms with Crippen LogP contribution in [0.25, 0.3) is 22.3 Å². The van der Waals surface area contributed by atoms with Gasteiger partial charge in [-0.25, -0.2) is 28.1 Å². The number of morpholine rings is 1. The van der Waals surface area contributed by atoms with Crippen LogP contribution in [0.4, 0.5) is 30.5 Å². The summed E-state index contributed by atoms with van der Waals surface area (Å²) in [5.41, 5.74) is 0.864. The van der Waals surface area contributed by atoms with E-state index >= 15 is 4.39 Å². The number of rotatable bonds is 4. The molecule has 1 saturated heterocycles. The zero-order valence-corrected chi connectivity index (χ0v) is 19.9. The summed E-state index contributed by atoms with van der Waals surface area (Å²) in [6.45, 7) is 4.59. The summed E-state index contributed by atoms with van der Waals surface area (Å²) in [5, 5.41) is 2.73. The molecule has 2 aromatic heterocycles. The van der Waals surface area contributed by atoms with Crippen molar-refractivity contribution < 1.29 is 27.4 Å². The second kappa shape index (κ2) is 8.73. The van der Waals surface area contributed by atoms with Gasteiger partial charge in [-0.1, -0.05) is 0 Å². The van der Waals surface area contributed by atoms with Crippen LogP contribution in [-0.4, -0.2) is 51.8 Å². The van der Waals surface area contributed by atoms with Gasteiger partial charge >= 0.3 is 0 Å². The number of carbonyl (C=O) groups is 1. The van der Waals surface area contributed by atoms with Crippen molar-refractivity contribution in [3.05, 3.63) is 53.7 Å². The van der Waals surface area contributed by atoms with Gasteiger partial charge in [0.05, 0.1) is 30.1 Å². The number of amides is 1. The third kappa shape index (κ3) is 3.84. The van der Waals surface area contributed by atoms with E-state index in [1.165, 1.54) is 17.0 Å². The molecule has 2 aliphatic rings. The van der Waals surface area contributed by atoms with Crippen LogP contribution in [0.5, 0.6) is 5.75 Å². The first-order valence-electron chi connectivity index (χ1n) is 11.6. The molecule has 0 spiro atoms. The highest BCUT2D eigenvalue weighted by Gasteiger charge is 2.29. The molecular formula is C25H21F3N6O3. The van der Waals surface area contributed by atoms with Gasteiger partial charge in [-0.3, -0.25) is 4.79 Å². The molecule has 0 bridgehead atoms. The Balaban J connectivity index is 1.37. The quantitative estimate of drug-likeness (QED) is 0.438. The predicted octanol–water partition coefficient (Wildman–Crippen LogP) is 4.28. The maximum Gasteiger partial charge on any atom is 0.253 e. The lowest BCUT2D eigenvalue weighted by atomic mass is 10.1. The minimum atomic E-state index is -0.799. The summed E-state index contributed by atoms with van der Waals surface area (Å²) in [6.07, 6.45) is 0.923. The van der Waals surface area contributed by atoms with E-state index in [1.807, 2.05) is 11.5 Å². The lowest BCUT2D eigenvalue weighted by Gasteiger charge is -2.27. The number of carbonyl (C=O) groups excluding carboxylic acids is 1. The van der Waals surface area contributed by atoms with Crippen LogP contribution in [-0.2, 0) is 9.53 Å². The highest BCUT2D eigenvalue weighted by molar-refractivity contribution is 5.95. The molecule has 1 fully saturated rings. The third-order valence-corrected chi connectivity index (χ3v) is 6.45. The van der Waals surface area contributed by atoms with Crippen LogP contribution in [0, 0.1) is 24.4 Å². The van der Waals surface area contributed by atoms with Gasteiger partial charge in [0, 0.05) is 12.2 Å². The third-order valence-electron chi connectivity index (χ3n) is 6.45. The fraction of sp³-hybridized carbons (Fsp3) is 0.280. The number of aromatic nitrogens is 4. The molecule has 12 heteroatoms. The number of benzene rings is 2. The number of hydrogen-bond acceptors (Lipinski definition) is 7. The van der Waals surface area contributed by atoms with Crippen LogP contribution >= 0.6 is 0 Å². The summed E-state index contributed by atoms with van der Waals surface area (Å²) in [6, 6.07) is 5.26. The van der Waals surface area contributed by atoms with Crippen LogP contribution in [0.3, 0.4) is 0 Å². The molecule has 2 aliphatic heterocycles. The molecule has 6 rings (SSSR count). The number of hydrogen-bond donors (Lipinski definition) is 1. The van der Waals surface area contributed by atoms with E-state index in [2.05, 4.69) is 20.3 Å². The average Bonchev–Trinajstić information content (AvgIpc) is 3.24. The van der Waals surface area contributed by atoms with E-state index < -0.39 is 17.5 Å². The molecule has 190 valence electrons. The highest BCUT2D eigenvalue weighted by Crippen LogP contribution is 2.43. The second-order valence-electron chi connectivity index (χ2n) is 8.90. The fourth-order valence-corrected chi connectivity index (χ4v) is 4.76. The molecule has 9 nitrogen and oxygen atoms in total. The molecular weight excluding hydrogens is 489 g/mol. The number of halogens is 3. The Kier molecular flexibility index (Phi) is 5.48. The smallest absolute Gasteiger partial charge is 0.253 e. The van der Waals surface area contributed by atoms with Gasteiger partial charge in [-0.2, -0.15) is 0 Å². The van der Waals surface area contributed by atoms with Gasteiger partial charge in [0.15, 0.2) is 17.4 Å². The van der Waals surface area contributed by atoms with E-state index in [0.717, 1.165) is 12.3 Å². The number of ether oxygens (including phenoxy) is 2. The van der Waals surface area contributed by atoms with Crippen molar-refractivity contribution in [2.24, 2.45) is 0 Å². The molecule has 0 radical (unpaired) electrons. The van der Waals surface area contributed by atoms with Gasteiger partial charge in [0.2, 0.25) is 5.95 Å². The van der Waals surface area contributed by atoms with Crippen LogP contribution in [0.2, 0.25) is 0 Å². The molecule has 4 aromatic rings. The molecule has 2 aromatic carbocycles. The van der Waals surface area contributed by atoms with Crippen LogP contribution < -0.4 is 15.0 Å². The highest BCUT2D eigenvalue weighted by atomic mass is 19.1. The summed E-state index contributed by atoms with van der Waals surface area (Å²) >= 11 is 0. The zero-order chi connectivity index (χ0) is 25.8.